The molecule has 1 rings (SSSR count). The number of rotatable bonds is 1. The Bertz CT molecular complexity index is 297. The molecule has 0 aliphatic heterocycles. The monoisotopic (exact) mass is 231 g/mol. The largest absolute Gasteiger partial charge is 0.258 e. The van der Waals surface area contributed by atoms with Gasteiger partial charge in [0.25, 0.3) is 0 Å². The summed E-state index contributed by atoms with van der Waals surface area (Å²) in [5.41, 5.74) is 1.84. The number of nitrogens with zero attached hydrogens (tertiary/aromatic N) is 1. The van der Waals surface area contributed by atoms with Gasteiger partial charge in [0.15, 0.2) is 5.82 Å². The van der Waals surface area contributed by atoms with Crippen LogP contribution in [0, 0.1) is 12.7 Å². The number of halogens is 2. The summed E-state index contributed by atoms with van der Waals surface area (Å²) >= 11 is 3.18. The van der Waals surface area contributed by atoms with Gasteiger partial charge in [-0.3, -0.25) is 4.98 Å². The summed E-state index contributed by atoms with van der Waals surface area (Å²) in [6.07, 6.45) is 1.26. The van der Waals surface area contributed by atoms with Gasteiger partial charge in [0.1, 0.15) is 0 Å². The van der Waals surface area contributed by atoms with Gasteiger partial charge in [0.2, 0.25) is 0 Å². The molecule has 12 heavy (non-hydrogen) atoms. The van der Waals surface area contributed by atoms with Gasteiger partial charge in [-0.25, -0.2) is 4.39 Å². The molecule has 1 heterocycles. The Labute approximate surface area is 80.1 Å². The fourth-order valence-corrected chi connectivity index (χ4v) is 1.46. The van der Waals surface area contributed by atoms with Crippen molar-refractivity contribution in [1.82, 2.24) is 4.98 Å². The Morgan fingerprint density at radius 2 is 2.08 bits per heavy atom. The van der Waals surface area contributed by atoms with Crippen molar-refractivity contribution in [3.63, 3.8) is 0 Å². The molecule has 0 radical (unpaired) electrons. The topological polar surface area (TPSA) is 12.9 Å². The van der Waals surface area contributed by atoms with Crippen LogP contribution in [0.3, 0.4) is 0 Å². The zero-order chi connectivity index (χ0) is 9.30. The van der Waals surface area contributed by atoms with Crippen molar-refractivity contribution in [2.24, 2.45) is 0 Å². The molecule has 0 fully saturated rings. The van der Waals surface area contributed by atoms with Gasteiger partial charge in [-0.15, -0.1) is 0 Å². The van der Waals surface area contributed by atoms with E-state index in [9.17, 15) is 4.39 Å². The molecule has 0 aromatic carbocycles. The van der Waals surface area contributed by atoms with Crippen LogP contribution in [-0.4, -0.2) is 4.98 Å². The Morgan fingerprint density at radius 1 is 1.50 bits per heavy atom. The summed E-state index contributed by atoms with van der Waals surface area (Å²) in [4.78, 5) is 4.03. The van der Waals surface area contributed by atoms with Gasteiger partial charge in [-0.1, -0.05) is 13.8 Å². The van der Waals surface area contributed by atoms with Crippen LogP contribution in [0.4, 0.5) is 4.39 Å². The van der Waals surface area contributed by atoms with Crippen LogP contribution in [0.1, 0.15) is 31.0 Å². The number of hydrogen-bond acceptors (Lipinski definition) is 1. The molecule has 0 aliphatic carbocycles. The molecule has 66 valence electrons. The minimum Gasteiger partial charge on any atom is -0.258 e. The zero-order valence-corrected chi connectivity index (χ0v) is 8.94. The van der Waals surface area contributed by atoms with Crippen molar-refractivity contribution in [3.8, 4) is 0 Å². The van der Waals surface area contributed by atoms with E-state index in [-0.39, 0.29) is 5.82 Å². The molecule has 0 bridgehead atoms. The zero-order valence-electron chi connectivity index (χ0n) is 7.36. The van der Waals surface area contributed by atoms with Crippen molar-refractivity contribution < 1.29 is 4.39 Å². The van der Waals surface area contributed by atoms with E-state index in [1.807, 2.05) is 20.8 Å². The highest BCUT2D eigenvalue weighted by Gasteiger charge is 2.10. The average molecular weight is 232 g/mol. The van der Waals surface area contributed by atoms with Gasteiger partial charge in [-0.2, -0.15) is 0 Å². The molecule has 0 aliphatic rings. The van der Waals surface area contributed by atoms with Crippen molar-refractivity contribution in [2.45, 2.75) is 26.7 Å². The molecule has 1 nitrogen and oxygen atoms in total. The van der Waals surface area contributed by atoms with Gasteiger partial charge in [0, 0.05) is 5.69 Å². The van der Waals surface area contributed by atoms with Crippen LogP contribution >= 0.6 is 15.9 Å². The van der Waals surface area contributed by atoms with E-state index in [4.69, 9.17) is 0 Å². The van der Waals surface area contributed by atoms with E-state index in [1.54, 1.807) is 0 Å². The van der Waals surface area contributed by atoms with E-state index in [2.05, 4.69) is 20.9 Å². The smallest absolute Gasteiger partial charge is 0.155 e. The number of pyridine rings is 1. The molecule has 1 aromatic rings. The molecular formula is C9H11BrFN. The van der Waals surface area contributed by atoms with Crippen LogP contribution < -0.4 is 0 Å². The molecule has 0 spiro atoms. The first kappa shape index (κ1) is 9.65. The maximum atomic E-state index is 12.9. The fraction of sp³-hybridized carbons (Fsp3) is 0.444. The highest BCUT2D eigenvalue weighted by atomic mass is 79.9. The summed E-state index contributed by atoms with van der Waals surface area (Å²) < 4.78 is 13.4. The van der Waals surface area contributed by atoms with Crippen LogP contribution in [0.15, 0.2) is 10.7 Å². The molecule has 0 saturated heterocycles. The predicted octanol–water partition coefficient (Wildman–Crippen LogP) is 3.42. The normalized spacial score (nSPS) is 10.8. The van der Waals surface area contributed by atoms with Crippen LogP contribution in [0.5, 0.6) is 0 Å². The molecule has 3 heteroatoms. The molecule has 0 N–H and O–H groups in total. The van der Waals surface area contributed by atoms with Crippen molar-refractivity contribution in [3.05, 3.63) is 27.7 Å². The third kappa shape index (κ3) is 1.66. The number of aromatic nitrogens is 1. The Kier molecular flexibility index (Phi) is 2.83. The lowest BCUT2D eigenvalue weighted by atomic mass is 10.1. The lowest BCUT2D eigenvalue weighted by molar-refractivity contribution is 0.607. The first-order valence-electron chi connectivity index (χ1n) is 3.84. The SMILES string of the molecule is Cc1c(C(C)C)ncc(F)c1Br. The summed E-state index contributed by atoms with van der Waals surface area (Å²) in [6.45, 7) is 5.95. The molecule has 0 unspecified atom stereocenters. The quantitative estimate of drug-likeness (QED) is 0.722. The highest BCUT2D eigenvalue weighted by molar-refractivity contribution is 9.10. The van der Waals surface area contributed by atoms with Crippen molar-refractivity contribution in [1.29, 1.82) is 0 Å². The highest BCUT2D eigenvalue weighted by Crippen LogP contribution is 2.25. The van der Waals surface area contributed by atoms with E-state index in [0.29, 0.717) is 10.4 Å². The van der Waals surface area contributed by atoms with Crippen LogP contribution in [0.2, 0.25) is 0 Å². The molecule has 0 atom stereocenters. The summed E-state index contributed by atoms with van der Waals surface area (Å²) in [5, 5.41) is 0. The standard InChI is InChI=1S/C9H11BrFN/c1-5(2)9-6(3)8(10)7(11)4-12-9/h4-5H,1-3H3. The van der Waals surface area contributed by atoms with E-state index in [1.165, 1.54) is 6.20 Å². The van der Waals surface area contributed by atoms with E-state index in [0.717, 1.165) is 11.3 Å². The van der Waals surface area contributed by atoms with Gasteiger partial charge >= 0.3 is 0 Å². The lowest BCUT2D eigenvalue weighted by Crippen LogP contribution is -1.98. The van der Waals surface area contributed by atoms with Crippen molar-refractivity contribution >= 4 is 15.9 Å². The van der Waals surface area contributed by atoms with Gasteiger partial charge in [-0.05, 0) is 34.3 Å². The summed E-state index contributed by atoms with van der Waals surface area (Å²) in [5.74, 6) is 0.0406. The predicted molar refractivity (Wildman–Crippen MR) is 50.7 cm³/mol. The van der Waals surface area contributed by atoms with E-state index >= 15 is 0 Å². The molecule has 0 saturated carbocycles. The van der Waals surface area contributed by atoms with E-state index < -0.39 is 0 Å². The van der Waals surface area contributed by atoms with Gasteiger partial charge in [0.05, 0.1) is 10.7 Å². The molecular weight excluding hydrogens is 221 g/mol. The molecule has 1 aromatic heterocycles. The minimum absolute atomic E-state index is 0.295. The Hall–Kier alpha value is -0.440. The summed E-state index contributed by atoms with van der Waals surface area (Å²) in [6, 6.07) is 0. The first-order valence-corrected chi connectivity index (χ1v) is 4.63. The number of hydrogen-bond donors (Lipinski definition) is 0. The third-order valence-corrected chi connectivity index (χ3v) is 2.76. The summed E-state index contributed by atoms with van der Waals surface area (Å²) in [7, 11) is 0. The molecule has 0 amide bonds. The minimum atomic E-state index is -0.295. The third-order valence-electron chi connectivity index (χ3n) is 1.79. The second kappa shape index (κ2) is 3.52. The Morgan fingerprint density at radius 3 is 2.58 bits per heavy atom. The fourth-order valence-electron chi connectivity index (χ4n) is 1.15. The maximum absolute atomic E-state index is 12.9. The second-order valence-corrected chi connectivity index (χ2v) is 3.88. The Balaban J connectivity index is 3.27. The van der Waals surface area contributed by atoms with Gasteiger partial charge < -0.3 is 0 Å². The first-order chi connectivity index (χ1) is 5.54. The average Bonchev–Trinajstić information content (AvgIpc) is 2.00. The van der Waals surface area contributed by atoms with Crippen LogP contribution in [-0.2, 0) is 0 Å². The van der Waals surface area contributed by atoms with Crippen molar-refractivity contribution in [2.75, 3.05) is 0 Å². The van der Waals surface area contributed by atoms with Crippen LogP contribution in [0.25, 0.3) is 0 Å². The maximum Gasteiger partial charge on any atom is 0.155 e. The lowest BCUT2D eigenvalue weighted by Gasteiger charge is -2.09. The second-order valence-electron chi connectivity index (χ2n) is 3.09.